The summed E-state index contributed by atoms with van der Waals surface area (Å²) < 4.78 is 5.11. The molecule has 0 bridgehead atoms. The zero-order chi connectivity index (χ0) is 19.1. The van der Waals surface area contributed by atoms with Crippen LogP contribution in [0.3, 0.4) is 0 Å². The van der Waals surface area contributed by atoms with Crippen LogP contribution in [0.15, 0.2) is 0 Å². The van der Waals surface area contributed by atoms with Crippen LogP contribution in [0.2, 0.25) is 0 Å². The zero-order valence-corrected chi connectivity index (χ0v) is 21.2. The molecule has 0 unspecified atom stereocenters. The van der Waals surface area contributed by atoms with Crippen molar-refractivity contribution in [3.8, 4) is 0 Å². The molecule has 0 aromatic heterocycles. The molecule has 0 spiro atoms. The van der Waals surface area contributed by atoms with Gasteiger partial charge in [0.15, 0.2) is 0 Å². The molecule has 0 saturated heterocycles. The largest absolute Gasteiger partial charge is 0.454 e. The average Bonchev–Trinajstić information content (AvgIpc) is 2.65. The van der Waals surface area contributed by atoms with E-state index < -0.39 is 0 Å². The highest BCUT2D eigenvalue weighted by atomic mass is 32.2. The maximum atomic E-state index is 11.4. The van der Waals surface area contributed by atoms with E-state index in [2.05, 4.69) is 0 Å². The first-order chi connectivity index (χ1) is 12.8. The summed E-state index contributed by atoms with van der Waals surface area (Å²) in [5.41, 5.74) is 0. The molecule has 0 aliphatic carbocycles. The molecule has 0 heterocycles. The highest BCUT2D eigenvalue weighted by Crippen LogP contribution is 2.21. The molecule has 0 radical (unpaired) electrons. The normalized spacial score (nSPS) is 11.0. The van der Waals surface area contributed by atoms with Crippen LogP contribution in [-0.2, 0) is 19.3 Å². The van der Waals surface area contributed by atoms with Crippen LogP contribution < -0.4 is 0 Å². The Hall–Kier alpha value is 2.15. The number of hydrogen-bond acceptors (Lipinski definition) is 13. The van der Waals surface area contributed by atoms with Gasteiger partial charge in [0, 0.05) is 31.2 Å². The minimum atomic E-state index is -0.125. The lowest BCUT2D eigenvalue weighted by Crippen LogP contribution is -2.07. The maximum Gasteiger partial charge on any atom is 0.316 e. The van der Waals surface area contributed by atoms with E-state index in [0.29, 0.717) is 24.2 Å². The van der Waals surface area contributed by atoms with Gasteiger partial charge in [0.1, 0.15) is 11.9 Å². The van der Waals surface area contributed by atoms with Gasteiger partial charge < -0.3 is 9.84 Å². The second-order valence-electron chi connectivity index (χ2n) is 3.98. The summed E-state index contributed by atoms with van der Waals surface area (Å²) in [6.07, 6.45) is 2.03. The van der Waals surface area contributed by atoms with Gasteiger partial charge in [0.25, 0.3) is 0 Å². The third-order valence-electron chi connectivity index (χ3n) is 2.01. The van der Waals surface area contributed by atoms with E-state index in [-0.39, 0.29) is 11.9 Å². The zero-order valence-electron chi connectivity index (χ0n) is 14.6. The summed E-state index contributed by atoms with van der Waals surface area (Å²) in [4.78, 5) is 21.5. The van der Waals surface area contributed by atoms with Crippen LogP contribution in [0.25, 0.3) is 0 Å². The van der Waals surface area contributed by atoms with Gasteiger partial charge in [-0.3, -0.25) is 4.79 Å². The molecule has 0 fully saturated rings. The Bertz CT molecular complexity index is 304. The van der Waals surface area contributed by atoms with Crippen molar-refractivity contribution in [1.29, 1.82) is 0 Å². The van der Waals surface area contributed by atoms with Crippen LogP contribution in [0, 0.1) is 0 Å². The number of ether oxygens (including phenoxy) is 1. The van der Waals surface area contributed by atoms with E-state index in [4.69, 9.17) is 19.6 Å². The molecule has 1 N–H and O–H groups in total. The number of thioether (sulfide) groups is 8. The summed E-state index contributed by atoms with van der Waals surface area (Å²) in [6.45, 7) is 0.583. The number of rotatable bonds is 21. The molecule has 13 heteroatoms. The van der Waals surface area contributed by atoms with Gasteiger partial charge in [-0.05, 0) is 6.26 Å². The predicted molar refractivity (Wildman–Crippen MR) is 131 cm³/mol. The molecule has 0 aromatic rings. The Morgan fingerprint density at radius 3 is 2.27 bits per heavy atom. The van der Waals surface area contributed by atoms with Crippen LogP contribution in [0.4, 0.5) is 0 Å². The molecule has 0 aromatic carbocycles. The molecule has 0 aliphatic rings. The van der Waals surface area contributed by atoms with Crippen molar-refractivity contribution in [2.24, 2.45) is 0 Å². The maximum absolute atomic E-state index is 11.4. The molecule has 0 saturated carbocycles. The van der Waals surface area contributed by atoms with Crippen LogP contribution in [0.1, 0.15) is 0 Å². The lowest BCUT2D eigenvalue weighted by atomic mass is 10.8. The topological polar surface area (TPSA) is 65.0 Å². The lowest BCUT2D eigenvalue weighted by Gasteiger charge is -2.05. The van der Waals surface area contributed by atoms with Crippen molar-refractivity contribution in [2.45, 2.75) is 0 Å². The summed E-state index contributed by atoms with van der Waals surface area (Å²) >= 11 is 13.5. The monoisotopic (exact) mass is 518 g/mol. The summed E-state index contributed by atoms with van der Waals surface area (Å²) in [6, 6.07) is 0. The van der Waals surface area contributed by atoms with E-state index in [1.54, 1.807) is 47.0 Å². The Morgan fingerprint density at radius 1 is 0.808 bits per heavy atom. The Balaban J connectivity index is 3.07. The minimum Gasteiger partial charge on any atom is -0.454 e. The lowest BCUT2D eigenvalue weighted by molar-refractivity contribution is -0.274. The van der Waals surface area contributed by atoms with E-state index in [1.807, 2.05) is 41.5 Å². The van der Waals surface area contributed by atoms with Crippen LogP contribution >= 0.6 is 94.1 Å². The Morgan fingerprint density at radius 2 is 1.50 bits per heavy atom. The molecule has 156 valence electrons. The van der Waals surface area contributed by atoms with Crippen molar-refractivity contribution in [3.63, 3.8) is 0 Å². The molecular formula is C13H26O5S8. The first-order valence-corrected chi connectivity index (χ1v) is 16.8. The van der Waals surface area contributed by atoms with Crippen LogP contribution in [-0.4, -0.2) is 78.7 Å². The number of esters is 1. The second kappa shape index (κ2) is 25.2. The van der Waals surface area contributed by atoms with E-state index in [1.165, 1.54) is 11.8 Å². The quantitative estimate of drug-likeness (QED) is 0.0756. The van der Waals surface area contributed by atoms with Gasteiger partial charge >= 0.3 is 5.97 Å². The van der Waals surface area contributed by atoms with E-state index in [0.717, 1.165) is 31.2 Å². The molecular weight excluding hydrogens is 493 g/mol. The van der Waals surface area contributed by atoms with Gasteiger partial charge in [-0.25, -0.2) is 9.78 Å². The molecule has 0 aliphatic heterocycles. The molecule has 0 rings (SSSR count). The summed E-state index contributed by atoms with van der Waals surface area (Å²) in [5, 5.41) is 13.3. The molecule has 26 heavy (non-hydrogen) atoms. The smallest absolute Gasteiger partial charge is 0.316 e. The van der Waals surface area contributed by atoms with Crippen molar-refractivity contribution >= 4 is 100 Å². The van der Waals surface area contributed by atoms with Crippen LogP contribution in [0.5, 0.6) is 0 Å². The highest BCUT2D eigenvalue weighted by Gasteiger charge is 2.02. The highest BCUT2D eigenvalue weighted by molar-refractivity contribution is 8.26. The standard InChI is InChI=1S/C13H26O5S8/c1-19-8-23-6-16-13(15)4-21-10-26-12-25-9-20-3-2-17-18-7-24-11-22-5-14/h14H,2-12H2,1H3. The summed E-state index contributed by atoms with van der Waals surface area (Å²) in [7, 11) is 0. The van der Waals surface area contributed by atoms with Crippen molar-refractivity contribution in [2.75, 3.05) is 67.6 Å². The van der Waals surface area contributed by atoms with Crippen molar-refractivity contribution in [3.05, 3.63) is 0 Å². The average molecular weight is 519 g/mol. The van der Waals surface area contributed by atoms with Crippen molar-refractivity contribution in [1.82, 2.24) is 0 Å². The third-order valence-corrected chi connectivity index (χ3v) is 10.6. The number of carbonyl (C=O) groups is 1. The minimum absolute atomic E-state index is 0.125. The molecule has 0 amide bonds. The van der Waals surface area contributed by atoms with E-state index in [9.17, 15) is 4.79 Å². The fraction of sp³-hybridized carbons (Fsp3) is 0.923. The SMILES string of the molecule is CSCSCOC(=O)CSCSCSCSCCOOCSCSCO. The van der Waals surface area contributed by atoms with Gasteiger partial charge in [0.2, 0.25) is 0 Å². The first kappa shape index (κ1) is 28.1. The molecule has 5 nitrogen and oxygen atoms in total. The van der Waals surface area contributed by atoms with Crippen molar-refractivity contribution < 1.29 is 24.4 Å². The van der Waals surface area contributed by atoms with Gasteiger partial charge in [-0.2, -0.15) is 11.8 Å². The van der Waals surface area contributed by atoms with Gasteiger partial charge in [0.05, 0.1) is 18.3 Å². The van der Waals surface area contributed by atoms with Gasteiger partial charge in [-0.15, -0.1) is 82.3 Å². The molecule has 0 atom stereocenters. The second-order valence-corrected chi connectivity index (χ2v) is 13.6. The number of carbonyl (C=O) groups excluding carboxylic acids is 1. The Kier molecular flexibility index (Phi) is 27.3. The first-order valence-electron chi connectivity index (χ1n) is 7.35. The van der Waals surface area contributed by atoms with Gasteiger partial charge in [-0.1, -0.05) is 0 Å². The fourth-order valence-corrected chi connectivity index (χ4v) is 7.80. The Labute approximate surface area is 190 Å². The fourth-order valence-electron chi connectivity index (χ4n) is 1.05. The third kappa shape index (κ3) is 24.2. The number of hydrogen-bond donors (Lipinski definition) is 1. The summed E-state index contributed by atoms with van der Waals surface area (Å²) in [5.74, 6) is 2.30. The van der Waals surface area contributed by atoms with E-state index >= 15 is 0 Å². The number of aliphatic hydroxyl groups excluding tert-OH is 1. The number of aliphatic hydroxyl groups is 1. The predicted octanol–water partition coefficient (Wildman–Crippen LogP) is 4.63.